The highest BCUT2D eigenvalue weighted by atomic mass is 15.2. The Labute approximate surface area is 68.4 Å². The minimum Gasteiger partial charge on any atom is -0.324 e. The fourth-order valence-corrected chi connectivity index (χ4v) is 0.650. The van der Waals surface area contributed by atoms with E-state index < -0.39 is 0 Å². The highest BCUT2D eigenvalue weighted by Crippen LogP contribution is 2.05. The van der Waals surface area contributed by atoms with Crippen molar-refractivity contribution in [2.45, 2.75) is 20.8 Å². The fraction of sp³-hybridized carbons (Fsp3) is 0.333. The van der Waals surface area contributed by atoms with Crippen LogP contribution >= 0.6 is 0 Å². The molecule has 0 saturated carbocycles. The molecule has 0 fully saturated rings. The van der Waals surface area contributed by atoms with E-state index in [0.29, 0.717) is 0 Å². The standard InChI is InChI=1S/C7H10N2.C2H6/c1-6-2-4-7(9-8)5-3-6;1-2/h2-5,9H,8H2,1H3;1-2H3. The molecule has 1 aromatic carbocycles. The van der Waals surface area contributed by atoms with Gasteiger partial charge in [-0.15, -0.1) is 0 Å². The maximum Gasteiger partial charge on any atom is 0.0485 e. The van der Waals surface area contributed by atoms with E-state index in [1.807, 2.05) is 45.0 Å². The van der Waals surface area contributed by atoms with Crippen LogP contribution in [0.1, 0.15) is 19.4 Å². The summed E-state index contributed by atoms with van der Waals surface area (Å²) in [6.45, 7) is 6.04. The van der Waals surface area contributed by atoms with Gasteiger partial charge in [0.05, 0.1) is 0 Å². The molecule has 0 unspecified atom stereocenters. The number of rotatable bonds is 1. The van der Waals surface area contributed by atoms with Crippen molar-refractivity contribution in [2.24, 2.45) is 5.84 Å². The summed E-state index contributed by atoms with van der Waals surface area (Å²) in [5, 5.41) is 0. The second-order valence-electron chi connectivity index (χ2n) is 2.01. The van der Waals surface area contributed by atoms with Crippen molar-refractivity contribution in [3.05, 3.63) is 29.8 Å². The number of hydrogen-bond donors (Lipinski definition) is 2. The molecule has 0 radical (unpaired) electrons. The van der Waals surface area contributed by atoms with Gasteiger partial charge in [-0.2, -0.15) is 0 Å². The van der Waals surface area contributed by atoms with Gasteiger partial charge < -0.3 is 5.43 Å². The van der Waals surface area contributed by atoms with Crippen LogP contribution in [0.15, 0.2) is 24.3 Å². The number of nitrogens with one attached hydrogen (secondary N) is 1. The fourth-order valence-electron chi connectivity index (χ4n) is 0.650. The lowest BCUT2D eigenvalue weighted by Crippen LogP contribution is -2.05. The average Bonchev–Trinajstić information content (AvgIpc) is 2.10. The normalized spacial score (nSPS) is 8.00. The zero-order valence-corrected chi connectivity index (χ0v) is 7.39. The van der Waals surface area contributed by atoms with E-state index in [2.05, 4.69) is 5.43 Å². The van der Waals surface area contributed by atoms with Gasteiger partial charge in [0.1, 0.15) is 0 Å². The smallest absolute Gasteiger partial charge is 0.0485 e. The SMILES string of the molecule is CC.Cc1ccc(NN)cc1. The lowest BCUT2D eigenvalue weighted by molar-refractivity contribution is 1.34. The van der Waals surface area contributed by atoms with Crippen LogP contribution in [0.4, 0.5) is 5.69 Å². The Kier molecular flexibility index (Phi) is 5.21. The molecule has 0 spiro atoms. The maximum atomic E-state index is 5.15. The monoisotopic (exact) mass is 152 g/mol. The number of nitrogens with two attached hydrogens (primary N) is 1. The molecule has 3 N–H and O–H groups in total. The molecule has 0 aromatic heterocycles. The molecule has 0 atom stereocenters. The van der Waals surface area contributed by atoms with E-state index in [4.69, 9.17) is 5.84 Å². The Hall–Kier alpha value is -1.02. The molecule has 62 valence electrons. The zero-order chi connectivity index (χ0) is 8.69. The Bertz CT molecular complexity index is 179. The average molecular weight is 152 g/mol. The summed E-state index contributed by atoms with van der Waals surface area (Å²) >= 11 is 0. The molecule has 0 amide bonds. The minimum atomic E-state index is 0.945. The molecular formula is C9H16N2. The lowest BCUT2D eigenvalue weighted by atomic mass is 10.2. The largest absolute Gasteiger partial charge is 0.324 e. The lowest BCUT2D eigenvalue weighted by Gasteiger charge is -1.97. The number of nitrogen functional groups attached to an aromatic ring is 1. The van der Waals surface area contributed by atoms with Gasteiger partial charge in [0, 0.05) is 5.69 Å². The van der Waals surface area contributed by atoms with Gasteiger partial charge in [0.15, 0.2) is 0 Å². The molecule has 1 rings (SSSR count). The van der Waals surface area contributed by atoms with Crippen LogP contribution in [0.25, 0.3) is 0 Å². The number of anilines is 1. The summed E-state index contributed by atoms with van der Waals surface area (Å²) in [7, 11) is 0. The van der Waals surface area contributed by atoms with Gasteiger partial charge in [-0.1, -0.05) is 31.5 Å². The van der Waals surface area contributed by atoms with Crippen LogP contribution in [-0.2, 0) is 0 Å². The summed E-state index contributed by atoms with van der Waals surface area (Å²) in [5.74, 6) is 5.15. The van der Waals surface area contributed by atoms with Crippen LogP contribution in [0.3, 0.4) is 0 Å². The predicted molar refractivity (Wildman–Crippen MR) is 50.3 cm³/mol. The number of hydrazine groups is 1. The van der Waals surface area contributed by atoms with E-state index in [1.54, 1.807) is 0 Å². The molecule has 0 saturated heterocycles. The number of benzene rings is 1. The Balaban J connectivity index is 0.000000461. The molecule has 0 bridgehead atoms. The van der Waals surface area contributed by atoms with Crippen molar-refractivity contribution in [3.63, 3.8) is 0 Å². The van der Waals surface area contributed by atoms with Crippen LogP contribution in [0.5, 0.6) is 0 Å². The molecule has 0 heterocycles. The molecule has 1 aromatic rings. The van der Waals surface area contributed by atoms with Crippen molar-refractivity contribution in [1.29, 1.82) is 0 Å². The van der Waals surface area contributed by atoms with Crippen LogP contribution < -0.4 is 11.3 Å². The molecular weight excluding hydrogens is 136 g/mol. The molecule has 0 aliphatic carbocycles. The van der Waals surface area contributed by atoms with Gasteiger partial charge in [0.25, 0.3) is 0 Å². The highest BCUT2D eigenvalue weighted by molar-refractivity contribution is 5.42. The minimum absolute atomic E-state index is 0.945. The third kappa shape index (κ3) is 3.63. The summed E-state index contributed by atoms with van der Waals surface area (Å²) in [6.07, 6.45) is 0. The maximum absolute atomic E-state index is 5.15. The zero-order valence-electron chi connectivity index (χ0n) is 7.39. The Morgan fingerprint density at radius 2 is 1.55 bits per heavy atom. The second kappa shape index (κ2) is 5.74. The third-order valence-corrected chi connectivity index (χ3v) is 1.22. The topological polar surface area (TPSA) is 38.0 Å². The van der Waals surface area contributed by atoms with Crippen LogP contribution in [0.2, 0.25) is 0 Å². The van der Waals surface area contributed by atoms with Crippen molar-refractivity contribution < 1.29 is 0 Å². The molecule has 2 heteroatoms. The first-order valence-electron chi connectivity index (χ1n) is 3.86. The first-order chi connectivity index (χ1) is 5.33. The van der Waals surface area contributed by atoms with Gasteiger partial charge in [-0.25, -0.2) is 0 Å². The Morgan fingerprint density at radius 3 is 1.91 bits per heavy atom. The summed E-state index contributed by atoms with van der Waals surface area (Å²) in [4.78, 5) is 0. The molecule has 2 nitrogen and oxygen atoms in total. The third-order valence-electron chi connectivity index (χ3n) is 1.22. The van der Waals surface area contributed by atoms with E-state index >= 15 is 0 Å². The predicted octanol–water partition coefficient (Wildman–Crippen LogP) is 2.31. The first-order valence-corrected chi connectivity index (χ1v) is 3.86. The Morgan fingerprint density at radius 1 is 1.09 bits per heavy atom. The number of aryl methyl sites for hydroxylation is 1. The van der Waals surface area contributed by atoms with Crippen molar-refractivity contribution >= 4 is 5.69 Å². The van der Waals surface area contributed by atoms with E-state index in [-0.39, 0.29) is 0 Å². The molecule has 0 aliphatic heterocycles. The van der Waals surface area contributed by atoms with Crippen LogP contribution in [0, 0.1) is 6.92 Å². The summed E-state index contributed by atoms with van der Waals surface area (Å²) in [5.41, 5.74) is 4.74. The van der Waals surface area contributed by atoms with E-state index in [9.17, 15) is 0 Å². The second-order valence-corrected chi connectivity index (χ2v) is 2.01. The van der Waals surface area contributed by atoms with Crippen molar-refractivity contribution in [3.8, 4) is 0 Å². The van der Waals surface area contributed by atoms with Crippen molar-refractivity contribution in [1.82, 2.24) is 0 Å². The quantitative estimate of drug-likeness (QED) is 0.478. The van der Waals surface area contributed by atoms with Gasteiger partial charge in [0.2, 0.25) is 0 Å². The molecule has 0 aliphatic rings. The summed E-state index contributed by atoms with van der Waals surface area (Å²) in [6, 6.07) is 7.90. The first kappa shape index (κ1) is 9.98. The van der Waals surface area contributed by atoms with E-state index in [1.165, 1.54) is 5.56 Å². The summed E-state index contributed by atoms with van der Waals surface area (Å²) < 4.78 is 0. The van der Waals surface area contributed by atoms with E-state index in [0.717, 1.165) is 5.69 Å². The van der Waals surface area contributed by atoms with Gasteiger partial charge in [-0.05, 0) is 19.1 Å². The highest BCUT2D eigenvalue weighted by Gasteiger charge is 1.84. The number of hydrogen-bond acceptors (Lipinski definition) is 2. The molecule has 11 heavy (non-hydrogen) atoms. The van der Waals surface area contributed by atoms with Gasteiger partial charge in [-0.3, -0.25) is 5.84 Å². The van der Waals surface area contributed by atoms with Crippen molar-refractivity contribution in [2.75, 3.05) is 5.43 Å². The van der Waals surface area contributed by atoms with Crippen LogP contribution in [-0.4, -0.2) is 0 Å². The van der Waals surface area contributed by atoms with Gasteiger partial charge >= 0.3 is 0 Å².